The summed E-state index contributed by atoms with van der Waals surface area (Å²) in [6, 6.07) is 5.40. The second-order valence-electron chi connectivity index (χ2n) is 2.56. The lowest BCUT2D eigenvalue weighted by Gasteiger charge is -1.95. The summed E-state index contributed by atoms with van der Waals surface area (Å²) in [5, 5.41) is 9.00. The number of hydrogen-bond acceptors (Lipinski definition) is 2. The van der Waals surface area contributed by atoms with E-state index >= 15 is 0 Å². The van der Waals surface area contributed by atoms with Crippen molar-refractivity contribution in [1.82, 2.24) is 0 Å². The molecule has 0 unspecified atom stereocenters. The fourth-order valence-corrected chi connectivity index (χ4v) is 1.11. The first-order valence-electron chi connectivity index (χ1n) is 3.84. The molecule has 3 nitrogen and oxygen atoms in total. The largest absolute Gasteiger partial charge is 0.507 e. The van der Waals surface area contributed by atoms with E-state index in [1.165, 1.54) is 0 Å². The number of halogens is 1. The molecule has 1 aromatic rings. The molecule has 0 aliphatic carbocycles. The van der Waals surface area contributed by atoms with Crippen LogP contribution in [-0.4, -0.2) is 11.0 Å². The van der Waals surface area contributed by atoms with Crippen molar-refractivity contribution in [2.24, 2.45) is 5.73 Å². The molecular formula is C10H12BrNO2. The van der Waals surface area contributed by atoms with Gasteiger partial charge in [-0.2, -0.15) is 0 Å². The molecule has 76 valence electrons. The highest BCUT2D eigenvalue weighted by Gasteiger charge is 1.93. The zero-order chi connectivity index (χ0) is 11.1. The van der Waals surface area contributed by atoms with Crippen molar-refractivity contribution >= 4 is 21.8 Å². The lowest BCUT2D eigenvalue weighted by atomic mass is 10.2. The second kappa shape index (κ2) is 6.21. The summed E-state index contributed by atoms with van der Waals surface area (Å²) in [4.78, 5) is 9.47. The fraction of sp³-hybridized carbons (Fsp3) is 0.100. The molecule has 0 aliphatic heterocycles. The molecule has 0 saturated carbocycles. The number of rotatable bonds is 1. The molecule has 14 heavy (non-hydrogen) atoms. The highest BCUT2D eigenvalue weighted by Crippen LogP contribution is 2.23. The molecule has 0 heterocycles. The average Bonchev–Trinajstić information content (AvgIpc) is 2.13. The lowest BCUT2D eigenvalue weighted by Crippen LogP contribution is -2.04. The van der Waals surface area contributed by atoms with Gasteiger partial charge in [0.25, 0.3) is 0 Å². The first kappa shape index (κ1) is 12.7. The van der Waals surface area contributed by atoms with E-state index in [4.69, 9.17) is 5.11 Å². The van der Waals surface area contributed by atoms with Gasteiger partial charge in [-0.25, -0.2) is 0 Å². The third-order valence-electron chi connectivity index (χ3n) is 1.30. The van der Waals surface area contributed by atoms with Crippen LogP contribution in [0.4, 0.5) is 0 Å². The quantitative estimate of drug-likeness (QED) is 0.758. The maximum absolute atomic E-state index is 9.47. The average molecular weight is 258 g/mol. The normalized spacial score (nSPS) is 8.43. The Hall–Kier alpha value is -1.29. The topological polar surface area (TPSA) is 63.3 Å². The van der Waals surface area contributed by atoms with Crippen LogP contribution in [0.1, 0.15) is 5.56 Å². The minimum absolute atomic E-state index is 0.292. The van der Waals surface area contributed by atoms with E-state index in [0.29, 0.717) is 5.75 Å². The van der Waals surface area contributed by atoms with Gasteiger partial charge in [-0.1, -0.05) is 12.6 Å². The van der Waals surface area contributed by atoms with Gasteiger partial charge in [-0.3, -0.25) is 4.79 Å². The number of carbonyl (C=O) groups excluding carboxylic acids is 1. The van der Waals surface area contributed by atoms with Crippen LogP contribution in [0.3, 0.4) is 0 Å². The number of benzene rings is 1. The van der Waals surface area contributed by atoms with Gasteiger partial charge in [-0.15, -0.1) is 0 Å². The van der Waals surface area contributed by atoms with Gasteiger partial charge in [0, 0.05) is 0 Å². The first-order chi connectivity index (χ1) is 6.47. The molecule has 0 aliphatic rings. The maximum atomic E-state index is 9.47. The van der Waals surface area contributed by atoms with E-state index in [-0.39, 0.29) is 0 Å². The van der Waals surface area contributed by atoms with Gasteiger partial charge in [0.05, 0.1) is 4.47 Å². The SMILES string of the molecule is C=CC(N)=O.Cc1ccc(O)c(Br)c1. The van der Waals surface area contributed by atoms with Crippen LogP contribution in [0.15, 0.2) is 35.3 Å². The number of phenolic OH excluding ortho intramolecular Hbond substituents is 1. The highest BCUT2D eigenvalue weighted by molar-refractivity contribution is 9.10. The van der Waals surface area contributed by atoms with Crippen LogP contribution in [0.25, 0.3) is 0 Å². The van der Waals surface area contributed by atoms with Crippen LogP contribution in [0.5, 0.6) is 5.75 Å². The number of phenols is 1. The van der Waals surface area contributed by atoms with Gasteiger partial charge in [-0.05, 0) is 46.6 Å². The molecule has 1 amide bonds. The molecule has 0 saturated heterocycles. The van der Waals surface area contributed by atoms with E-state index < -0.39 is 5.91 Å². The molecule has 0 fully saturated rings. The van der Waals surface area contributed by atoms with Crippen molar-refractivity contribution in [3.05, 3.63) is 40.9 Å². The Morgan fingerprint density at radius 2 is 2.14 bits per heavy atom. The molecule has 0 radical (unpaired) electrons. The van der Waals surface area contributed by atoms with Crippen LogP contribution in [0.2, 0.25) is 0 Å². The van der Waals surface area contributed by atoms with E-state index in [1.54, 1.807) is 6.07 Å². The van der Waals surface area contributed by atoms with Crippen molar-refractivity contribution in [1.29, 1.82) is 0 Å². The van der Waals surface area contributed by atoms with Crippen molar-refractivity contribution in [2.45, 2.75) is 6.92 Å². The molecular weight excluding hydrogens is 246 g/mol. The minimum Gasteiger partial charge on any atom is -0.507 e. The Kier molecular flexibility index (Phi) is 5.64. The zero-order valence-electron chi connectivity index (χ0n) is 7.83. The van der Waals surface area contributed by atoms with Crippen molar-refractivity contribution in [3.8, 4) is 5.75 Å². The lowest BCUT2D eigenvalue weighted by molar-refractivity contribution is -0.113. The van der Waals surface area contributed by atoms with Gasteiger partial charge < -0.3 is 10.8 Å². The van der Waals surface area contributed by atoms with Crippen molar-refractivity contribution in [3.63, 3.8) is 0 Å². The van der Waals surface area contributed by atoms with Gasteiger partial charge in [0.1, 0.15) is 5.75 Å². The number of amides is 1. The standard InChI is InChI=1S/C7H7BrO.C3H5NO/c1-5-2-3-7(9)6(8)4-5;1-2-3(4)5/h2-4,9H,1H3;2H,1H2,(H2,4,5). The summed E-state index contributed by atoms with van der Waals surface area (Å²) < 4.78 is 0.752. The Balaban J connectivity index is 0.000000292. The molecule has 3 N–H and O–H groups in total. The van der Waals surface area contributed by atoms with E-state index in [2.05, 4.69) is 28.2 Å². The molecule has 1 aromatic carbocycles. The number of aromatic hydroxyl groups is 1. The van der Waals surface area contributed by atoms with Gasteiger partial charge in [0.2, 0.25) is 5.91 Å². The van der Waals surface area contributed by atoms with Crippen molar-refractivity contribution < 1.29 is 9.90 Å². The fourth-order valence-electron chi connectivity index (χ4n) is 0.612. The molecule has 0 atom stereocenters. The van der Waals surface area contributed by atoms with Crippen LogP contribution in [0, 0.1) is 6.92 Å². The number of aryl methyl sites for hydroxylation is 1. The summed E-state index contributed by atoms with van der Waals surface area (Å²) in [7, 11) is 0. The summed E-state index contributed by atoms with van der Waals surface area (Å²) in [5.74, 6) is -0.189. The van der Waals surface area contributed by atoms with Crippen LogP contribution < -0.4 is 5.73 Å². The van der Waals surface area contributed by atoms with E-state index in [9.17, 15) is 4.79 Å². The number of primary amides is 1. The summed E-state index contributed by atoms with van der Waals surface area (Å²) >= 11 is 3.20. The third kappa shape index (κ3) is 5.37. The monoisotopic (exact) mass is 257 g/mol. The first-order valence-corrected chi connectivity index (χ1v) is 4.63. The molecule has 0 aromatic heterocycles. The van der Waals surface area contributed by atoms with E-state index in [0.717, 1.165) is 16.1 Å². The Morgan fingerprint density at radius 3 is 2.43 bits per heavy atom. The number of nitrogens with two attached hydrogens (primary N) is 1. The summed E-state index contributed by atoms with van der Waals surface area (Å²) in [5.41, 5.74) is 5.67. The van der Waals surface area contributed by atoms with Crippen LogP contribution in [-0.2, 0) is 4.79 Å². The third-order valence-corrected chi connectivity index (χ3v) is 1.94. The molecule has 0 bridgehead atoms. The smallest absolute Gasteiger partial charge is 0.240 e. The molecule has 1 rings (SSSR count). The zero-order valence-corrected chi connectivity index (χ0v) is 9.41. The maximum Gasteiger partial charge on any atom is 0.240 e. The molecule has 0 spiro atoms. The highest BCUT2D eigenvalue weighted by atomic mass is 79.9. The Labute approximate surface area is 91.4 Å². The predicted octanol–water partition coefficient (Wildman–Crippen LogP) is 2.12. The minimum atomic E-state index is -0.481. The number of carbonyl (C=O) groups is 1. The summed E-state index contributed by atoms with van der Waals surface area (Å²) in [6.07, 6.45) is 1.06. The van der Waals surface area contributed by atoms with Crippen LogP contribution >= 0.6 is 15.9 Å². The summed E-state index contributed by atoms with van der Waals surface area (Å²) in [6.45, 7) is 5.06. The van der Waals surface area contributed by atoms with Gasteiger partial charge >= 0.3 is 0 Å². The van der Waals surface area contributed by atoms with E-state index in [1.807, 2.05) is 19.1 Å². The predicted molar refractivity (Wildman–Crippen MR) is 59.9 cm³/mol. The van der Waals surface area contributed by atoms with Gasteiger partial charge in [0.15, 0.2) is 0 Å². The Morgan fingerprint density at radius 1 is 1.64 bits per heavy atom. The molecule has 4 heteroatoms. The second-order valence-corrected chi connectivity index (χ2v) is 3.42. The van der Waals surface area contributed by atoms with Crippen molar-refractivity contribution in [2.75, 3.05) is 0 Å². The number of hydrogen-bond donors (Lipinski definition) is 2. The Bertz CT molecular complexity index is 337.